The number of carbonyl (C=O) groups excluding carboxylic acids is 1. The average molecular weight is 263 g/mol. The Kier molecular flexibility index (Phi) is 4.92. The molecule has 19 heavy (non-hydrogen) atoms. The molecule has 1 unspecified atom stereocenters. The third-order valence-electron chi connectivity index (χ3n) is 3.36. The van der Waals surface area contributed by atoms with E-state index in [1.807, 2.05) is 32.0 Å². The van der Waals surface area contributed by atoms with Gasteiger partial charge in [-0.15, -0.1) is 0 Å². The molecule has 0 bridgehead atoms. The third-order valence-corrected chi connectivity index (χ3v) is 3.36. The molecule has 0 saturated carbocycles. The molecule has 5 heteroatoms. The maximum atomic E-state index is 12.2. The van der Waals surface area contributed by atoms with Gasteiger partial charge in [0.1, 0.15) is 0 Å². The van der Waals surface area contributed by atoms with E-state index in [0.717, 1.165) is 16.7 Å². The van der Waals surface area contributed by atoms with Crippen molar-refractivity contribution in [2.45, 2.75) is 33.2 Å². The zero-order valence-electron chi connectivity index (χ0n) is 11.8. The van der Waals surface area contributed by atoms with Gasteiger partial charge in [0.15, 0.2) is 5.84 Å². The van der Waals surface area contributed by atoms with Gasteiger partial charge in [-0.2, -0.15) is 0 Å². The summed E-state index contributed by atoms with van der Waals surface area (Å²) in [5, 5.41) is 11.6. The predicted molar refractivity (Wildman–Crippen MR) is 75.3 cm³/mol. The number of nitrogens with two attached hydrogens (primary N) is 1. The lowest BCUT2D eigenvalue weighted by Gasteiger charge is -2.24. The summed E-state index contributed by atoms with van der Waals surface area (Å²) in [6.45, 7) is 5.70. The van der Waals surface area contributed by atoms with Gasteiger partial charge in [-0.25, -0.2) is 0 Å². The molecule has 0 fully saturated rings. The topological polar surface area (TPSA) is 78.9 Å². The minimum absolute atomic E-state index is 0.0248. The van der Waals surface area contributed by atoms with Crippen molar-refractivity contribution in [3.8, 4) is 0 Å². The number of likely N-dealkylation sites (N-methyl/N-ethyl adjacent to an activating group) is 1. The number of oxime groups is 1. The highest BCUT2D eigenvalue weighted by Gasteiger charge is 2.19. The van der Waals surface area contributed by atoms with Crippen LogP contribution in [0.3, 0.4) is 0 Å². The van der Waals surface area contributed by atoms with Gasteiger partial charge in [0, 0.05) is 7.05 Å². The Labute approximate surface area is 113 Å². The Bertz CT molecular complexity index is 497. The smallest absolute Gasteiger partial charge is 0.227 e. The van der Waals surface area contributed by atoms with Crippen molar-refractivity contribution in [2.75, 3.05) is 7.05 Å². The van der Waals surface area contributed by atoms with Gasteiger partial charge in [0.25, 0.3) is 0 Å². The zero-order valence-corrected chi connectivity index (χ0v) is 11.8. The Morgan fingerprint density at radius 2 is 2.11 bits per heavy atom. The van der Waals surface area contributed by atoms with Gasteiger partial charge in [-0.1, -0.05) is 28.9 Å². The van der Waals surface area contributed by atoms with Gasteiger partial charge < -0.3 is 15.8 Å². The van der Waals surface area contributed by atoms with E-state index in [1.54, 1.807) is 14.0 Å². The first-order valence-electron chi connectivity index (χ1n) is 6.16. The summed E-state index contributed by atoms with van der Waals surface area (Å²) in [7, 11) is 1.65. The van der Waals surface area contributed by atoms with E-state index in [2.05, 4.69) is 5.16 Å². The lowest BCUT2D eigenvalue weighted by molar-refractivity contribution is -0.129. The highest BCUT2D eigenvalue weighted by molar-refractivity contribution is 5.90. The van der Waals surface area contributed by atoms with Crippen LogP contribution in [0.2, 0.25) is 0 Å². The summed E-state index contributed by atoms with van der Waals surface area (Å²) in [5.74, 6) is -0.0374. The molecule has 0 spiro atoms. The van der Waals surface area contributed by atoms with Gasteiger partial charge in [-0.05, 0) is 31.9 Å². The van der Waals surface area contributed by atoms with Crippen molar-refractivity contribution in [3.05, 3.63) is 34.9 Å². The van der Waals surface area contributed by atoms with Gasteiger partial charge in [-0.3, -0.25) is 4.79 Å². The molecule has 0 aliphatic rings. The summed E-state index contributed by atoms with van der Waals surface area (Å²) in [4.78, 5) is 13.7. The number of rotatable bonds is 4. The van der Waals surface area contributed by atoms with Crippen LogP contribution in [0.5, 0.6) is 0 Å². The fourth-order valence-corrected chi connectivity index (χ4v) is 1.78. The molecule has 0 heterocycles. The van der Waals surface area contributed by atoms with Crippen molar-refractivity contribution in [1.29, 1.82) is 0 Å². The number of nitrogens with zero attached hydrogens (tertiary/aromatic N) is 2. The van der Waals surface area contributed by atoms with Crippen molar-refractivity contribution in [3.63, 3.8) is 0 Å². The van der Waals surface area contributed by atoms with Crippen LogP contribution in [0, 0.1) is 13.8 Å². The number of carbonyl (C=O) groups is 1. The van der Waals surface area contributed by atoms with E-state index in [-0.39, 0.29) is 11.7 Å². The predicted octanol–water partition coefficient (Wildman–Crippen LogP) is 1.44. The van der Waals surface area contributed by atoms with E-state index >= 15 is 0 Å². The Hall–Kier alpha value is -2.04. The number of benzene rings is 1. The molecule has 3 N–H and O–H groups in total. The van der Waals surface area contributed by atoms with Crippen LogP contribution in [-0.2, 0) is 11.2 Å². The minimum Gasteiger partial charge on any atom is -0.409 e. The number of hydrogen-bond donors (Lipinski definition) is 2. The number of amidine groups is 1. The van der Waals surface area contributed by atoms with Crippen molar-refractivity contribution in [2.24, 2.45) is 10.9 Å². The molecule has 0 radical (unpaired) electrons. The van der Waals surface area contributed by atoms with Crippen LogP contribution in [0.15, 0.2) is 23.4 Å². The zero-order chi connectivity index (χ0) is 14.6. The van der Waals surface area contributed by atoms with E-state index in [0.29, 0.717) is 6.42 Å². The van der Waals surface area contributed by atoms with E-state index in [9.17, 15) is 4.79 Å². The van der Waals surface area contributed by atoms with Crippen LogP contribution in [0.1, 0.15) is 23.6 Å². The van der Waals surface area contributed by atoms with Gasteiger partial charge in [0.2, 0.25) is 5.91 Å². The largest absolute Gasteiger partial charge is 0.409 e. The van der Waals surface area contributed by atoms with Crippen LogP contribution >= 0.6 is 0 Å². The lowest BCUT2D eigenvalue weighted by Crippen LogP contribution is -2.44. The van der Waals surface area contributed by atoms with Crippen LogP contribution in [0.4, 0.5) is 0 Å². The molecule has 0 aromatic heterocycles. The molecule has 1 aromatic rings. The fraction of sp³-hybridized carbons (Fsp3) is 0.429. The summed E-state index contributed by atoms with van der Waals surface area (Å²) >= 11 is 0. The Morgan fingerprint density at radius 1 is 1.47 bits per heavy atom. The first-order valence-corrected chi connectivity index (χ1v) is 6.16. The summed E-state index contributed by atoms with van der Waals surface area (Å²) in [5.41, 5.74) is 8.72. The SMILES string of the molecule is Cc1ccc(C)c(CC(=O)N(C)C(C)C(N)=NO)c1. The monoisotopic (exact) mass is 263 g/mol. The molecular formula is C14H21N3O2. The summed E-state index contributed by atoms with van der Waals surface area (Å²) < 4.78 is 0. The van der Waals surface area contributed by atoms with Crippen molar-refractivity contribution in [1.82, 2.24) is 4.90 Å². The highest BCUT2D eigenvalue weighted by Crippen LogP contribution is 2.13. The molecule has 5 nitrogen and oxygen atoms in total. The fourth-order valence-electron chi connectivity index (χ4n) is 1.78. The molecule has 0 aliphatic carbocycles. The minimum atomic E-state index is -0.428. The quantitative estimate of drug-likeness (QED) is 0.373. The van der Waals surface area contributed by atoms with Crippen molar-refractivity contribution < 1.29 is 10.0 Å². The molecule has 1 aromatic carbocycles. The highest BCUT2D eigenvalue weighted by atomic mass is 16.4. The first-order chi connectivity index (χ1) is 8.86. The molecule has 0 aliphatic heterocycles. The van der Waals surface area contributed by atoms with Crippen LogP contribution in [0.25, 0.3) is 0 Å². The van der Waals surface area contributed by atoms with Crippen LogP contribution < -0.4 is 5.73 Å². The van der Waals surface area contributed by atoms with E-state index < -0.39 is 6.04 Å². The molecule has 104 valence electrons. The Morgan fingerprint density at radius 3 is 2.68 bits per heavy atom. The normalized spacial score (nSPS) is 13.2. The maximum Gasteiger partial charge on any atom is 0.227 e. The first kappa shape index (κ1) is 15.0. The maximum absolute atomic E-state index is 12.2. The number of aryl methyl sites for hydroxylation is 2. The lowest BCUT2D eigenvalue weighted by atomic mass is 10.0. The number of amides is 1. The molecule has 0 saturated heterocycles. The average Bonchev–Trinajstić information content (AvgIpc) is 2.40. The molecule has 1 rings (SSSR count). The molecule has 1 amide bonds. The van der Waals surface area contributed by atoms with E-state index in [4.69, 9.17) is 10.9 Å². The van der Waals surface area contributed by atoms with Crippen molar-refractivity contribution >= 4 is 11.7 Å². The second-order valence-corrected chi connectivity index (χ2v) is 4.81. The molecular weight excluding hydrogens is 242 g/mol. The van der Waals surface area contributed by atoms with Crippen LogP contribution in [-0.4, -0.2) is 34.9 Å². The Balaban J connectivity index is 2.82. The van der Waals surface area contributed by atoms with Gasteiger partial charge in [0.05, 0.1) is 12.5 Å². The summed E-state index contributed by atoms with van der Waals surface area (Å²) in [6, 6.07) is 5.61. The van der Waals surface area contributed by atoms with E-state index in [1.165, 1.54) is 4.90 Å². The second-order valence-electron chi connectivity index (χ2n) is 4.81. The van der Waals surface area contributed by atoms with Gasteiger partial charge >= 0.3 is 0 Å². The summed E-state index contributed by atoms with van der Waals surface area (Å²) in [6.07, 6.45) is 0.313. The second kappa shape index (κ2) is 6.22. The third kappa shape index (κ3) is 3.71. The molecule has 1 atom stereocenters. The standard InChI is InChI=1S/C14H21N3O2/c1-9-5-6-10(2)12(7-9)8-13(18)17(4)11(3)14(15)16-19/h5-7,11,19H,8H2,1-4H3,(H2,15,16). The number of hydrogen-bond acceptors (Lipinski definition) is 3.